The minimum Gasteiger partial charge on any atom is -0.339 e. The molecule has 34 heavy (non-hydrogen) atoms. The van der Waals surface area contributed by atoms with Crippen LogP contribution in [0.25, 0.3) is 11.3 Å². The molecule has 1 unspecified atom stereocenters. The molecule has 9 nitrogen and oxygen atoms in total. The van der Waals surface area contributed by atoms with E-state index in [4.69, 9.17) is 11.0 Å². The van der Waals surface area contributed by atoms with E-state index in [-0.39, 0.29) is 17.9 Å². The largest absolute Gasteiger partial charge is 0.339 e. The third-order valence-corrected chi connectivity index (χ3v) is 6.65. The highest BCUT2D eigenvalue weighted by Crippen LogP contribution is 2.39. The van der Waals surface area contributed by atoms with Crippen LogP contribution >= 0.6 is 0 Å². The van der Waals surface area contributed by atoms with Gasteiger partial charge in [-0.15, -0.1) is 0 Å². The van der Waals surface area contributed by atoms with Gasteiger partial charge in [-0.3, -0.25) is 9.48 Å². The SMILES string of the molecule is N#CC1CCN(C(=O)c2ccc(Nc3nccc(-c4cnn(C(CN)C5CC5)c4)n3)cc2)CC1. The molecule has 2 aliphatic rings. The summed E-state index contributed by atoms with van der Waals surface area (Å²) in [5.74, 6) is 1.15. The highest BCUT2D eigenvalue weighted by molar-refractivity contribution is 5.94. The molecule has 0 bridgehead atoms. The molecule has 5 rings (SSSR count). The van der Waals surface area contributed by atoms with E-state index in [1.807, 2.05) is 40.2 Å². The summed E-state index contributed by atoms with van der Waals surface area (Å²) in [4.78, 5) is 23.6. The second-order valence-corrected chi connectivity index (χ2v) is 9.01. The smallest absolute Gasteiger partial charge is 0.253 e. The topological polar surface area (TPSA) is 126 Å². The molecule has 2 fully saturated rings. The lowest BCUT2D eigenvalue weighted by Gasteiger charge is -2.29. The number of nitrogens with zero attached hydrogens (tertiary/aromatic N) is 6. The number of nitrogens with one attached hydrogen (secondary N) is 1. The van der Waals surface area contributed by atoms with Gasteiger partial charge in [-0.2, -0.15) is 10.4 Å². The predicted octanol–water partition coefficient (Wildman–Crippen LogP) is 3.37. The number of piperidine rings is 1. The van der Waals surface area contributed by atoms with E-state index < -0.39 is 0 Å². The molecular weight excluding hydrogens is 428 g/mol. The van der Waals surface area contributed by atoms with Gasteiger partial charge in [0.15, 0.2) is 0 Å². The van der Waals surface area contributed by atoms with Crippen molar-refractivity contribution in [2.45, 2.75) is 31.7 Å². The molecule has 0 radical (unpaired) electrons. The normalized spacial score (nSPS) is 17.2. The Morgan fingerprint density at radius 1 is 1.18 bits per heavy atom. The third kappa shape index (κ3) is 4.77. The summed E-state index contributed by atoms with van der Waals surface area (Å²) in [5.41, 5.74) is 9.09. The number of nitrogens with two attached hydrogens (primary N) is 1. The number of carbonyl (C=O) groups is 1. The van der Waals surface area contributed by atoms with Crippen LogP contribution in [0.4, 0.5) is 11.6 Å². The first-order valence-electron chi connectivity index (χ1n) is 11.8. The average Bonchev–Trinajstić information content (AvgIpc) is 3.60. The van der Waals surface area contributed by atoms with Crippen LogP contribution in [0.2, 0.25) is 0 Å². The molecule has 1 aromatic carbocycles. The molecule has 3 N–H and O–H groups in total. The predicted molar refractivity (Wildman–Crippen MR) is 128 cm³/mol. The Labute approximate surface area is 198 Å². The van der Waals surface area contributed by atoms with Gasteiger partial charge in [-0.1, -0.05) is 0 Å². The van der Waals surface area contributed by atoms with Crippen molar-refractivity contribution in [2.75, 3.05) is 25.0 Å². The quantitative estimate of drug-likeness (QED) is 0.558. The Bertz CT molecular complexity index is 1190. The zero-order valence-electron chi connectivity index (χ0n) is 19.0. The van der Waals surface area contributed by atoms with Crippen molar-refractivity contribution in [3.63, 3.8) is 0 Å². The number of rotatable bonds is 7. The number of carbonyl (C=O) groups excluding carboxylic acids is 1. The molecule has 9 heteroatoms. The molecule has 1 aliphatic heterocycles. The zero-order valence-corrected chi connectivity index (χ0v) is 19.0. The van der Waals surface area contributed by atoms with Crippen LogP contribution in [-0.2, 0) is 0 Å². The maximum Gasteiger partial charge on any atom is 0.253 e. The van der Waals surface area contributed by atoms with Gasteiger partial charge in [0.25, 0.3) is 5.91 Å². The molecular formula is C25H28N8O. The summed E-state index contributed by atoms with van der Waals surface area (Å²) in [6.45, 7) is 1.83. The summed E-state index contributed by atoms with van der Waals surface area (Å²) in [7, 11) is 0. The Morgan fingerprint density at radius 3 is 2.62 bits per heavy atom. The lowest BCUT2D eigenvalue weighted by atomic mass is 9.98. The van der Waals surface area contributed by atoms with Gasteiger partial charge in [0.1, 0.15) is 0 Å². The average molecular weight is 457 g/mol. The van der Waals surface area contributed by atoms with Crippen LogP contribution in [0.5, 0.6) is 0 Å². The molecule has 1 amide bonds. The Morgan fingerprint density at radius 2 is 1.94 bits per heavy atom. The van der Waals surface area contributed by atoms with Crippen LogP contribution < -0.4 is 11.1 Å². The van der Waals surface area contributed by atoms with Gasteiger partial charge in [0.2, 0.25) is 5.95 Å². The Hall–Kier alpha value is -3.77. The van der Waals surface area contributed by atoms with E-state index in [1.54, 1.807) is 18.3 Å². The number of amides is 1. The first-order valence-corrected chi connectivity index (χ1v) is 11.8. The van der Waals surface area contributed by atoms with Gasteiger partial charge in [-0.25, -0.2) is 9.97 Å². The van der Waals surface area contributed by atoms with E-state index in [0.717, 1.165) is 29.8 Å². The van der Waals surface area contributed by atoms with Crippen molar-refractivity contribution >= 4 is 17.5 Å². The maximum atomic E-state index is 12.8. The van der Waals surface area contributed by atoms with Crippen molar-refractivity contribution in [3.05, 3.63) is 54.5 Å². The van der Waals surface area contributed by atoms with Crippen molar-refractivity contribution in [2.24, 2.45) is 17.6 Å². The minimum absolute atomic E-state index is 0.000167. The van der Waals surface area contributed by atoms with E-state index in [9.17, 15) is 4.79 Å². The summed E-state index contributed by atoms with van der Waals surface area (Å²) < 4.78 is 1.96. The summed E-state index contributed by atoms with van der Waals surface area (Å²) in [5, 5.41) is 16.8. The van der Waals surface area contributed by atoms with Crippen molar-refractivity contribution < 1.29 is 4.79 Å². The summed E-state index contributed by atoms with van der Waals surface area (Å²) in [6, 6.07) is 11.7. The van der Waals surface area contributed by atoms with Crippen LogP contribution in [0.1, 0.15) is 42.1 Å². The van der Waals surface area contributed by atoms with E-state index in [1.165, 1.54) is 12.8 Å². The number of anilines is 2. The molecule has 1 atom stereocenters. The van der Waals surface area contributed by atoms with Crippen molar-refractivity contribution in [3.8, 4) is 17.3 Å². The molecule has 3 heterocycles. The van der Waals surface area contributed by atoms with Gasteiger partial charge in [0.05, 0.1) is 24.0 Å². The van der Waals surface area contributed by atoms with Gasteiger partial charge >= 0.3 is 0 Å². The lowest BCUT2D eigenvalue weighted by molar-refractivity contribution is 0.0707. The van der Waals surface area contributed by atoms with Crippen molar-refractivity contribution in [1.82, 2.24) is 24.6 Å². The van der Waals surface area contributed by atoms with E-state index in [0.29, 0.717) is 37.1 Å². The molecule has 3 aromatic rings. The second kappa shape index (κ2) is 9.61. The summed E-state index contributed by atoms with van der Waals surface area (Å²) in [6.07, 6.45) is 9.43. The second-order valence-electron chi connectivity index (χ2n) is 9.01. The van der Waals surface area contributed by atoms with E-state index >= 15 is 0 Å². The number of hydrogen-bond acceptors (Lipinski definition) is 7. The fourth-order valence-electron chi connectivity index (χ4n) is 4.45. The maximum absolute atomic E-state index is 12.8. The van der Waals surface area contributed by atoms with Gasteiger partial charge in [-0.05, 0) is 61.9 Å². The molecule has 1 saturated heterocycles. The summed E-state index contributed by atoms with van der Waals surface area (Å²) >= 11 is 0. The van der Waals surface area contributed by atoms with Crippen molar-refractivity contribution in [1.29, 1.82) is 5.26 Å². The van der Waals surface area contributed by atoms with Gasteiger partial charge < -0.3 is 16.0 Å². The first kappa shape index (κ1) is 22.0. The number of hydrogen-bond donors (Lipinski definition) is 2. The first-order chi connectivity index (χ1) is 16.6. The van der Waals surface area contributed by atoms with Crippen LogP contribution in [0.3, 0.4) is 0 Å². The Kier molecular flexibility index (Phi) is 6.23. The fraction of sp³-hybridized carbons (Fsp3) is 0.400. The minimum atomic E-state index is 0.000167. The number of benzene rings is 1. The zero-order chi connectivity index (χ0) is 23.5. The number of nitriles is 1. The third-order valence-electron chi connectivity index (χ3n) is 6.65. The van der Waals surface area contributed by atoms with Crippen LogP contribution in [0.15, 0.2) is 48.9 Å². The fourth-order valence-corrected chi connectivity index (χ4v) is 4.45. The lowest BCUT2D eigenvalue weighted by Crippen LogP contribution is -2.38. The molecule has 174 valence electrons. The number of likely N-dealkylation sites (tertiary alicyclic amines) is 1. The standard InChI is InChI=1S/C25H28N8O/c26-13-17-8-11-32(12-9-17)24(34)19-3-5-21(6-4-19)30-25-28-10-7-22(31-25)20-15-29-33(16-20)23(14-27)18-1-2-18/h3-7,10,15-18,23H,1-2,8-9,11-12,14,27H2,(H,28,30,31). The van der Waals surface area contributed by atoms with E-state index in [2.05, 4.69) is 26.5 Å². The van der Waals surface area contributed by atoms with Crippen LogP contribution in [0, 0.1) is 23.2 Å². The molecule has 1 aliphatic carbocycles. The molecule has 0 spiro atoms. The highest BCUT2D eigenvalue weighted by Gasteiger charge is 2.32. The molecule has 2 aromatic heterocycles. The van der Waals surface area contributed by atoms with Crippen LogP contribution in [-0.4, -0.2) is 50.2 Å². The number of aromatic nitrogens is 4. The highest BCUT2D eigenvalue weighted by atomic mass is 16.2. The monoisotopic (exact) mass is 456 g/mol. The Balaban J connectivity index is 1.24. The molecule has 1 saturated carbocycles. The van der Waals surface area contributed by atoms with Gasteiger partial charge in [0, 0.05) is 54.8 Å².